The van der Waals surface area contributed by atoms with Crippen LogP contribution in [0.3, 0.4) is 0 Å². The molecule has 1 aromatic carbocycles. The Morgan fingerprint density at radius 2 is 2.04 bits per heavy atom. The Labute approximate surface area is 146 Å². The van der Waals surface area contributed by atoms with Crippen LogP contribution >= 0.6 is 0 Å². The molecule has 2 amide bonds. The summed E-state index contributed by atoms with van der Waals surface area (Å²) in [7, 11) is 3.55. The first kappa shape index (κ1) is 18.5. The van der Waals surface area contributed by atoms with Crippen molar-refractivity contribution in [3.05, 3.63) is 58.4 Å². The number of benzene rings is 1. The van der Waals surface area contributed by atoms with Gasteiger partial charge in [0.1, 0.15) is 0 Å². The molecule has 1 aromatic heterocycles. The number of methoxy groups -OCH3 is 1. The van der Waals surface area contributed by atoms with Crippen LogP contribution in [0.4, 0.5) is 16.2 Å². The topological polar surface area (TPSA) is 89.6 Å². The Kier molecular flexibility index (Phi) is 6.53. The van der Waals surface area contributed by atoms with E-state index in [1.165, 1.54) is 24.3 Å². The van der Waals surface area contributed by atoms with Gasteiger partial charge >= 0.3 is 6.03 Å². The van der Waals surface area contributed by atoms with E-state index in [1.807, 2.05) is 29.9 Å². The third-order valence-electron chi connectivity index (χ3n) is 3.80. The van der Waals surface area contributed by atoms with Crippen molar-refractivity contribution >= 4 is 17.4 Å². The number of non-ortho nitro benzene ring substituents is 1. The first-order valence-electron chi connectivity index (χ1n) is 7.91. The summed E-state index contributed by atoms with van der Waals surface area (Å²) in [6, 6.07) is 9.40. The lowest BCUT2D eigenvalue weighted by Crippen LogP contribution is -2.36. The monoisotopic (exact) mass is 346 g/mol. The van der Waals surface area contributed by atoms with Crippen LogP contribution in [0.25, 0.3) is 0 Å². The minimum absolute atomic E-state index is 0.0150. The Bertz CT molecular complexity index is 712. The standard InChI is InChI=1S/C17H22N4O4/c1-19-10-3-5-16(19)13-20(11-4-12-25-2)17(22)18-14-6-8-15(9-7-14)21(23)24/h3,5-10H,4,11-13H2,1-2H3,(H,18,22). The lowest BCUT2D eigenvalue weighted by molar-refractivity contribution is -0.384. The molecule has 0 saturated heterocycles. The van der Waals surface area contributed by atoms with Crippen molar-refractivity contribution in [1.82, 2.24) is 9.47 Å². The van der Waals surface area contributed by atoms with Gasteiger partial charge in [0, 0.05) is 57.0 Å². The smallest absolute Gasteiger partial charge is 0.322 e. The van der Waals surface area contributed by atoms with Gasteiger partial charge in [0.05, 0.1) is 11.5 Å². The molecule has 134 valence electrons. The average molecular weight is 346 g/mol. The molecule has 25 heavy (non-hydrogen) atoms. The van der Waals surface area contributed by atoms with E-state index in [-0.39, 0.29) is 11.7 Å². The Morgan fingerprint density at radius 1 is 1.32 bits per heavy atom. The SMILES string of the molecule is COCCCN(Cc1cccn1C)C(=O)Nc1ccc([N+](=O)[O-])cc1. The molecule has 0 radical (unpaired) electrons. The second-order valence-electron chi connectivity index (χ2n) is 5.61. The molecular weight excluding hydrogens is 324 g/mol. The Hall–Kier alpha value is -2.87. The number of carbonyl (C=O) groups is 1. The van der Waals surface area contributed by atoms with Crippen molar-refractivity contribution in [2.75, 3.05) is 25.6 Å². The molecule has 0 aliphatic carbocycles. The summed E-state index contributed by atoms with van der Waals surface area (Å²) in [5.41, 5.74) is 1.51. The fraction of sp³-hybridized carbons (Fsp3) is 0.353. The van der Waals surface area contributed by atoms with E-state index >= 15 is 0 Å². The van der Waals surface area contributed by atoms with Gasteiger partial charge in [-0.1, -0.05) is 0 Å². The van der Waals surface area contributed by atoms with Crippen molar-refractivity contribution in [3.8, 4) is 0 Å². The predicted octanol–water partition coefficient (Wildman–Crippen LogP) is 3.00. The number of aromatic nitrogens is 1. The molecule has 0 saturated carbocycles. The van der Waals surface area contributed by atoms with Gasteiger partial charge in [0.25, 0.3) is 5.69 Å². The van der Waals surface area contributed by atoms with Gasteiger partial charge in [0.15, 0.2) is 0 Å². The van der Waals surface area contributed by atoms with Crippen molar-refractivity contribution < 1.29 is 14.5 Å². The van der Waals surface area contributed by atoms with Gasteiger partial charge in [-0.25, -0.2) is 4.79 Å². The minimum Gasteiger partial charge on any atom is -0.385 e. The van der Waals surface area contributed by atoms with E-state index in [0.717, 1.165) is 5.69 Å². The first-order chi connectivity index (χ1) is 12.0. The number of nitrogens with zero attached hydrogens (tertiary/aromatic N) is 3. The van der Waals surface area contributed by atoms with Gasteiger partial charge in [-0.15, -0.1) is 0 Å². The van der Waals surface area contributed by atoms with Crippen LogP contribution < -0.4 is 5.32 Å². The van der Waals surface area contributed by atoms with Crippen LogP contribution in [-0.4, -0.2) is 40.7 Å². The minimum atomic E-state index is -0.474. The molecular formula is C17H22N4O4. The van der Waals surface area contributed by atoms with Gasteiger partial charge in [0.2, 0.25) is 0 Å². The molecule has 0 aliphatic rings. The molecule has 0 aliphatic heterocycles. The summed E-state index contributed by atoms with van der Waals surface area (Å²) in [6.07, 6.45) is 2.64. The molecule has 0 unspecified atom stereocenters. The van der Waals surface area contributed by atoms with E-state index < -0.39 is 4.92 Å². The zero-order valence-corrected chi connectivity index (χ0v) is 14.3. The number of rotatable bonds is 8. The zero-order valence-electron chi connectivity index (χ0n) is 14.3. The summed E-state index contributed by atoms with van der Waals surface area (Å²) in [6.45, 7) is 1.57. The molecule has 2 aromatic rings. The maximum absolute atomic E-state index is 12.6. The van der Waals surface area contributed by atoms with E-state index in [4.69, 9.17) is 4.74 Å². The number of hydrogen-bond acceptors (Lipinski definition) is 4. The Morgan fingerprint density at radius 3 is 2.60 bits per heavy atom. The van der Waals surface area contributed by atoms with Gasteiger partial charge < -0.3 is 19.5 Å². The number of carbonyl (C=O) groups excluding carboxylic acids is 1. The van der Waals surface area contributed by atoms with E-state index in [0.29, 0.717) is 31.8 Å². The van der Waals surface area contributed by atoms with Gasteiger partial charge in [-0.3, -0.25) is 10.1 Å². The number of anilines is 1. The predicted molar refractivity (Wildman–Crippen MR) is 94.4 cm³/mol. The first-order valence-corrected chi connectivity index (χ1v) is 7.91. The highest BCUT2D eigenvalue weighted by Crippen LogP contribution is 2.16. The number of ether oxygens (including phenoxy) is 1. The lowest BCUT2D eigenvalue weighted by Gasteiger charge is -2.23. The van der Waals surface area contributed by atoms with Gasteiger partial charge in [-0.05, 0) is 30.7 Å². The third kappa shape index (κ3) is 5.32. The summed E-state index contributed by atoms with van der Waals surface area (Å²) in [5.74, 6) is 0. The highest BCUT2D eigenvalue weighted by atomic mass is 16.6. The van der Waals surface area contributed by atoms with Crippen molar-refractivity contribution in [1.29, 1.82) is 0 Å². The fourth-order valence-corrected chi connectivity index (χ4v) is 2.38. The number of urea groups is 1. The number of nitro groups is 1. The number of nitro benzene ring substituents is 1. The molecule has 0 atom stereocenters. The molecule has 0 spiro atoms. The molecule has 8 heteroatoms. The third-order valence-corrected chi connectivity index (χ3v) is 3.80. The highest BCUT2D eigenvalue weighted by Gasteiger charge is 2.16. The normalized spacial score (nSPS) is 10.5. The van der Waals surface area contributed by atoms with Crippen LogP contribution in [0.15, 0.2) is 42.6 Å². The average Bonchev–Trinajstić information content (AvgIpc) is 2.99. The van der Waals surface area contributed by atoms with Gasteiger partial charge in [-0.2, -0.15) is 0 Å². The number of nitrogens with one attached hydrogen (secondary N) is 1. The maximum atomic E-state index is 12.6. The summed E-state index contributed by atoms with van der Waals surface area (Å²) >= 11 is 0. The van der Waals surface area contributed by atoms with Crippen LogP contribution in [0.1, 0.15) is 12.1 Å². The van der Waals surface area contributed by atoms with E-state index in [9.17, 15) is 14.9 Å². The van der Waals surface area contributed by atoms with E-state index in [2.05, 4.69) is 5.32 Å². The van der Waals surface area contributed by atoms with Crippen molar-refractivity contribution in [2.24, 2.45) is 7.05 Å². The molecule has 8 nitrogen and oxygen atoms in total. The zero-order chi connectivity index (χ0) is 18.2. The Balaban J connectivity index is 2.05. The van der Waals surface area contributed by atoms with Crippen LogP contribution in [0.2, 0.25) is 0 Å². The van der Waals surface area contributed by atoms with E-state index in [1.54, 1.807) is 12.0 Å². The summed E-state index contributed by atoms with van der Waals surface area (Å²) in [4.78, 5) is 24.5. The van der Waals surface area contributed by atoms with Crippen LogP contribution in [-0.2, 0) is 18.3 Å². The lowest BCUT2D eigenvalue weighted by atomic mass is 10.3. The van der Waals surface area contributed by atoms with Crippen LogP contribution in [0.5, 0.6) is 0 Å². The number of hydrogen-bond donors (Lipinski definition) is 1. The maximum Gasteiger partial charge on any atom is 0.322 e. The summed E-state index contributed by atoms with van der Waals surface area (Å²) < 4.78 is 7.02. The highest BCUT2D eigenvalue weighted by molar-refractivity contribution is 5.89. The molecule has 1 heterocycles. The van der Waals surface area contributed by atoms with Crippen LogP contribution in [0, 0.1) is 10.1 Å². The fourth-order valence-electron chi connectivity index (χ4n) is 2.38. The number of amides is 2. The largest absolute Gasteiger partial charge is 0.385 e. The van der Waals surface area contributed by atoms with Crippen molar-refractivity contribution in [3.63, 3.8) is 0 Å². The molecule has 0 bridgehead atoms. The number of aryl methyl sites for hydroxylation is 1. The molecule has 1 N–H and O–H groups in total. The molecule has 0 fully saturated rings. The second kappa shape index (κ2) is 8.84. The summed E-state index contributed by atoms with van der Waals surface area (Å²) in [5, 5.41) is 13.5. The second-order valence-corrected chi connectivity index (χ2v) is 5.61. The quantitative estimate of drug-likeness (QED) is 0.452. The van der Waals surface area contributed by atoms with Crippen molar-refractivity contribution in [2.45, 2.75) is 13.0 Å². The molecule has 2 rings (SSSR count).